The van der Waals surface area contributed by atoms with Crippen LogP contribution in [0.1, 0.15) is 43.4 Å². The molecule has 0 amide bonds. The number of ether oxygens (including phenoxy) is 4. The molecule has 0 aromatic heterocycles. The Balaban J connectivity index is 1.32. The first-order valence-corrected chi connectivity index (χ1v) is 12.3. The van der Waals surface area contributed by atoms with Crippen LogP contribution in [0.5, 0.6) is 17.2 Å². The zero-order valence-corrected chi connectivity index (χ0v) is 20.7. The number of nitriles is 1. The molecule has 36 heavy (non-hydrogen) atoms. The molecule has 0 bridgehead atoms. The van der Waals surface area contributed by atoms with Crippen molar-refractivity contribution >= 4 is 12.0 Å². The van der Waals surface area contributed by atoms with Gasteiger partial charge >= 0.3 is 5.97 Å². The number of rotatable bonds is 9. The van der Waals surface area contributed by atoms with E-state index in [1.165, 1.54) is 12.5 Å². The Morgan fingerprint density at radius 3 is 2.78 bits per heavy atom. The van der Waals surface area contributed by atoms with Gasteiger partial charge in [0.05, 0.1) is 18.1 Å². The van der Waals surface area contributed by atoms with Gasteiger partial charge in [-0.05, 0) is 74.3 Å². The molecular weight excluding hydrogens is 463 g/mol. The number of nitrogens with zero attached hydrogens (tertiary/aromatic N) is 2. The average Bonchev–Trinajstić information content (AvgIpc) is 2.88. The summed E-state index contributed by atoms with van der Waals surface area (Å²) in [5.41, 5.74) is 3.23. The lowest BCUT2D eigenvalue weighted by Crippen LogP contribution is -2.38. The molecule has 0 saturated carbocycles. The summed E-state index contributed by atoms with van der Waals surface area (Å²) in [4.78, 5) is 14.3. The summed E-state index contributed by atoms with van der Waals surface area (Å²) >= 11 is 0. The Bertz CT molecular complexity index is 1150. The van der Waals surface area contributed by atoms with Crippen molar-refractivity contribution in [2.45, 2.75) is 39.7 Å². The summed E-state index contributed by atoms with van der Waals surface area (Å²) < 4.78 is 35.2. The lowest BCUT2D eigenvalue weighted by atomic mass is 9.96. The van der Waals surface area contributed by atoms with Crippen LogP contribution >= 0.6 is 0 Å². The van der Waals surface area contributed by atoms with Gasteiger partial charge in [0.25, 0.3) is 0 Å². The van der Waals surface area contributed by atoms with Gasteiger partial charge in [0.1, 0.15) is 36.5 Å². The van der Waals surface area contributed by atoms with Gasteiger partial charge in [-0.15, -0.1) is 0 Å². The molecule has 4 rings (SSSR count). The van der Waals surface area contributed by atoms with Gasteiger partial charge in [0.15, 0.2) is 0 Å². The Kier molecular flexibility index (Phi) is 8.44. The first-order valence-electron chi connectivity index (χ1n) is 12.3. The lowest BCUT2D eigenvalue weighted by Gasteiger charge is -2.32. The van der Waals surface area contributed by atoms with E-state index in [4.69, 9.17) is 18.9 Å². The SMILES string of the molecule is CCOC(=O)C1CCN(CC2=Cc3ccc(OCc4ccc(O[C@@H](C)F)c(C#N)c4)cc3OC2)CC1. The minimum atomic E-state index is -1.49. The molecule has 0 spiro atoms. The van der Waals surface area contributed by atoms with Gasteiger partial charge in [-0.3, -0.25) is 9.69 Å². The van der Waals surface area contributed by atoms with Crippen LogP contribution < -0.4 is 14.2 Å². The molecule has 2 aromatic carbocycles. The van der Waals surface area contributed by atoms with Gasteiger partial charge in [-0.1, -0.05) is 6.07 Å². The van der Waals surface area contributed by atoms with Crippen LogP contribution in [0.15, 0.2) is 42.0 Å². The number of hydrogen-bond donors (Lipinski definition) is 0. The standard InChI is InChI=1S/C28H31FN2O5/c1-3-33-28(32)22-8-10-31(11-9-22)16-21-13-23-5-6-25(14-27(23)35-18-21)34-17-20-4-7-26(36-19(2)29)24(12-20)15-30/h4-7,12-14,19,22H,3,8-11,16-18H2,1-2H3/t19-/m0/s1. The molecule has 0 N–H and O–H groups in total. The van der Waals surface area contributed by atoms with E-state index >= 15 is 0 Å². The predicted octanol–water partition coefficient (Wildman–Crippen LogP) is 4.88. The molecule has 0 unspecified atom stereocenters. The zero-order valence-electron chi connectivity index (χ0n) is 20.7. The van der Waals surface area contributed by atoms with Crippen LogP contribution in [0.3, 0.4) is 0 Å². The van der Waals surface area contributed by atoms with Crippen molar-refractivity contribution in [2.24, 2.45) is 5.92 Å². The molecule has 1 atom stereocenters. The topological polar surface area (TPSA) is 81.0 Å². The zero-order chi connectivity index (χ0) is 25.5. The number of hydrogen-bond acceptors (Lipinski definition) is 7. The molecule has 190 valence electrons. The number of alkyl halides is 1. The van der Waals surface area contributed by atoms with E-state index in [9.17, 15) is 14.4 Å². The van der Waals surface area contributed by atoms with Gasteiger partial charge in [0, 0.05) is 25.1 Å². The molecule has 2 aromatic rings. The highest BCUT2D eigenvalue weighted by atomic mass is 19.1. The molecule has 0 radical (unpaired) electrons. The maximum atomic E-state index is 13.1. The predicted molar refractivity (Wildman–Crippen MR) is 132 cm³/mol. The van der Waals surface area contributed by atoms with Crippen LogP contribution in [0, 0.1) is 17.2 Å². The van der Waals surface area contributed by atoms with E-state index in [2.05, 4.69) is 11.0 Å². The normalized spacial score (nSPS) is 16.7. The number of likely N-dealkylation sites (tertiary alicyclic amines) is 1. The van der Waals surface area contributed by atoms with Crippen molar-refractivity contribution in [3.8, 4) is 23.3 Å². The van der Waals surface area contributed by atoms with Crippen molar-refractivity contribution in [1.82, 2.24) is 4.90 Å². The number of halogens is 1. The van der Waals surface area contributed by atoms with Crippen LogP contribution in [-0.2, 0) is 16.1 Å². The molecule has 0 aliphatic carbocycles. The third-order valence-corrected chi connectivity index (χ3v) is 6.25. The molecule has 2 aliphatic heterocycles. The summed E-state index contributed by atoms with van der Waals surface area (Å²) in [5, 5.41) is 9.31. The highest BCUT2D eigenvalue weighted by molar-refractivity contribution is 5.72. The Labute approximate surface area is 211 Å². The van der Waals surface area contributed by atoms with E-state index in [0.717, 1.165) is 49.4 Å². The fourth-order valence-electron chi connectivity index (χ4n) is 4.44. The van der Waals surface area contributed by atoms with E-state index in [1.54, 1.807) is 18.2 Å². The Morgan fingerprint density at radius 2 is 2.06 bits per heavy atom. The average molecular weight is 495 g/mol. The maximum Gasteiger partial charge on any atom is 0.309 e. The first kappa shape index (κ1) is 25.5. The fraction of sp³-hybridized carbons (Fsp3) is 0.429. The quantitative estimate of drug-likeness (QED) is 0.460. The second-order valence-corrected chi connectivity index (χ2v) is 8.99. The third kappa shape index (κ3) is 6.55. The Morgan fingerprint density at radius 1 is 1.25 bits per heavy atom. The number of carbonyl (C=O) groups excluding carboxylic acids is 1. The summed E-state index contributed by atoms with van der Waals surface area (Å²) in [7, 11) is 0. The summed E-state index contributed by atoms with van der Waals surface area (Å²) in [6.07, 6.45) is 2.31. The highest BCUT2D eigenvalue weighted by Crippen LogP contribution is 2.32. The van der Waals surface area contributed by atoms with Crippen LogP contribution in [0.25, 0.3) is 6.08 Å². The summed E-state index contributed by atoms with van der Waals surface area (Å²) in [5.74, 6) is 1.56. The summed E-state index contributed by atoms with van der Waals surface area (Å²) in [6.45, 7) is 6.85. The van der Waals surface area contributed by atoms with Crippen molar-refractivity contribution in [3.63, 3.8) is 0 Å². The largest absolute Gasteiger partial charge is 0.489 e. The van der Waals surface area contributed by atoms with E-state index in [1.807, 2.05) is 31.2 Å². The van der Waals surface area contributed by atoms with Gasteiger partial charge in [-0.2, -0.15) is 5.26 Å². The number of fused-ring (bicyclic) bond motifs is 1. The maximum absolute atomic E-state index is 13.1. The third-order valence-electron chi connectivity index (χ3n) is 6.25. The molecule has 1 fully saturated rings. The van der Waals surface area contributed by atoms with Gasteiger partial charge in [0.2, 0.25) is 6.36 Å². The molecule has 7 nitrogen and oxygen atoms in total. The number of carbonyl (C=O) groups is 1. The van der Waals surface area contributed by atoms with Crippen LogP contribution in [0.2, 0.25) is 0 Å². The minimum absolute atomic E-state index is 0.00790. The molecular formula is C28H31FN2O5. The molecule has 2 aliphatic rings. The van der Waals surface area contributed by atoms with Crippen LogP contribution in [0.4, 0.5) is 4.39 Å². The lowest BCUT2D eigenvalue weighted by molar-refractivity contribution is -0.149. The molecule has 1 saturated heterocycles. The second kappa shape index (κ2) is 11.9. The van der Waals surface area contributed by atoms with Crippen molar-refractivity contribution in [3.05, 3.63) is 58.7 Å². The van der Waals surface area contributed by atoms with Crippen molar-refractivity contribution < 1.29 is 28.1 Å². The highest BCUT2D eigenvalue weighted by Gasteiger charge is 2.26. The van der Waals surface area contributed by atoms with Crippen molar-refractivity contribution in [1.29, 1.82) is 5.26 Å². The van der Waals surface area contributed by atoms with Gasteiger partial charge in [-0.25, -0.2) is 4.39 Å². The monoisotopic (exact) mass is 494 g/mol. The number of benzene rings is 2. The summed E-state index contributed by atoms with van der Waals surface area (Å²) in [6, 6.07) is 12.7. The smallest absolute Gasteiger partial charge is 0.309 e. The first-order chi connectivity index (χ1) is 17.4. The molecule has 8 heteroatoms. The van der Waals surface area contributed by atoms with Crippen molar-refractivity contribution in [2.75, 3.05) is 32.8 Å². The minimum Gasteiger partial charge on any atom is -0.489 e. The fourth-order valence-corrected chi connectivity index (χ4v) is 4.44. The van der Waals surface area contributed by atoms with Crippen LogP contribution in [-0.4, -0.2) is 50.1 Å². The number of esters is 1. The van der Waals surface area contributed by atoms with E-state index in [0.29, 0.717) is 19.0 Å². The van der Waals surface area contributed by atoms with E-state index < -0.39 is 6.36 Å². The van der Waals surface area contributed by atoms with Gasteiger partial charge < -0.3 is 18.9 Å². The Hall–Kier alpha value is -3.57. The number of piperidine rings is 1. The second-order valence-electron chi connectivity index (χ2n) is 8.99. The molecule has 2 heterocycles. The van der Waals surface area contributed by atoms with E-state index in [-0.39, 0.29) is 29.8 Å².